The fraction of sp³-hybridized carbons (Fsp3) is 0.877. The van der Waals surface area contributed by atoms with E-state index in [-0.39, 0.29) is 31.1 Å². The lowest BCUT2D eigenvalue weighted by molar-refractivity contribution is -0.167. The number of ether oxygens (including phenoxy) is 3. The number of unbranched alkanes of at least 4 members (excludes halogenated alkanes) is 37. The molecule has 0 aliphatic heterocycles. The summed E-state index contributed by atoms with van der Waals surface area (Å²) >= 11 is 0. The molecule has 0 rings (SSSR count). The van der Waals surface area contributed by atoms with E-state index >= 15 is 0 Å². The largest absolute Gasteiger partial charge is 0.462 e. The third-order valence-corrected chi connectivity index (χ3v) is 12.5. The molecule has 6 nitrogen and oxygen atoms in total. The Hall–Kier alpha value is -2.11. The maximum atomic E-state index is 12.8. The van der Waals surface area contributed by atoms with Gasteiger partial charge in [0.05, 0.1) is 0 Å². The molecule has 6 heteroatoms. The van der Waals surface area contributed by atoms with Crippen molar-refractivity contribution in [2.75, 3.05) is 13.2 Å². The molecule has 0 heterocycles. The minimum Gasteiger partial charge on any atom is -0.462 e. The minimum atomic E-state index is -0.766. The average molecular weight is 887 g/mol. The van der Waals surface area contributed by atoms with Gasteiger partial charge in [0.1, 0.15) is 13.2 Å². The molecule has 1 atom stereocenters. The normalized spacial score (nSPS) is 12.1. The van der Waals surface area contributed by atoms with E-state index in [2.05, 4.69) is 45.1 Å². The Morgan fingerprint density at radius 2 is 0.556 bits per heavy atom. The number of allylic oxidation sites excluding steroid dienone is 4. The molecule has 0 aromatic rings. The van der Waals surface area contributed by atoms with Gasteiger partial charge in [0.2, 0.25) is 0 Å². The highest BCUT2D eigenvalue weighted by Crippen LogP contribution is 2.17. The fourth-order valence-electron chi connectivity index (χ4n) is 8.26. The lowest BCUT2D eigenvalue weighted by atomic mass is 10.0. The number of esters is 3. The highest BCUT2D eigenvalue weighted by atomic mass is 16.6. The first kappa shape index (κ1) is 60.9. The van der Waals surface area contributed by atoms with Crippen LogP contribution in [0.1, 0.15) is 303 Å². The Morgan fingerprint density at radius 1 is 0.317 bits per heavy atom. The van der Waals surface area contributed by atoms with E-state index in [1.807, 2.05) is 0 Å². The molecule has 63 heavy (non-hydrogen) atoms. The van der Waals surface area contributed by atoms with Crippen molar-refractivity contribution >= 4 is 17.9 Å². The monoisotopic (exact) mass is 887 g/mol. The summed E-state index contributed by atoms with van der Waals surface area (Å²) in [5.74, 6) is -0.852. The second-order valence-electron chi connectivity index (χ2n) is 18.9. The summed E-state index contributed by atoms with van der Waals surface area (Å²) in [6, 6.07) is 0. The van der Waals surface area contributed by atoms with Gasteiger partial charge in [0, 0.05) is 19.3 Å². The molecule has 0 amide bonds. The molecule has 0 spiro atoms. The maximum Gasteiger partial charge on any atom is 0.306 e. The molecule has 0 bridgehead atoms. The summed E-state index contributed by atoms with van der Waals surface area (Å²) in [7, 11) is 0. The van der Waals surface area contributed by atoms with Crippen LogP contribution in [0.2, 0.25) is 0 Å². The second kappa shape index (κ2) is 52.5. The molecule has 0 fully saturated rings. The molecule has 0 aromatic heterocycles. The molecule has 0 aliphatic rings. The zero-order valence-corrected chi connectivity index (χ0v) is 42.4. The van der Waals surface area contributed by atoms with E-state index in [4.69, 9.17) is 14.2 Å². The van der Waals surface area contributed by atoms with Gasteiger partial charge >= 0.3 is 17.9 Å². The van der Waals surface area contributed by atoms with Crippen LogP contribution >= 0.6 is 0 Å². The van der Waals surface area contributed by atoms with Crippen molar-refractivity contribution in [3.8, 4) is 0 Å². The summed E-state index contributed by atoms with van der Waals surface area (Å²) in [6.45, 7) is 6.65. The van der Waals surface area contributed by atoms with Crippen LogP contribution in [0.3, 0.4) is 0 Å². The first-order valence-corrected chi connectivity index (χ1v) is 27.9. The van der Waals surface area contributed by atoms with E-state index in [1.54, 1.807) is 0 Å². The number of hydrogen-bond acceptors (Lipinski definition) is 6. The number of rotatable bonds is 51. The molecule has 0 N–H and O–H groups in total. The van der Waals surface area contributed by atoms with Crippen molar-refractivity contribution in [1.82, 2.24) is 0 Å². The Balaban J connectivity index is 4.29. The Kier molecular flexibility index (Phi) is 50.8. The second-order valence-corrected chi connectivity index (χ2v) is 18.9. The smallest absolute Gasteiger partial charge is 0.306 e. The number of hydrogen-bond donors (Lipinski definition) is 0. The third-order valence-electron chi connectivity index (χ3n) is 12.5. The summed E-state index contributed by atoms with van der Waals surface area (Å²) < 4.78 is 16.8. The SMILES string of the molecule is CCCCC/C=C\C=C/CCCCCCCCCCCCC(=O)OCC(COC(=O)CCCCCCCCCCCCCC)OC(=O)CCCCCCCCCCCCCCCC. The topological polar surface area (TPSA) is 78.9 Å². The van der Waals surface area contributed by atoms with Crippen LogP contribution in [-0.2, 0) is 28.6 Å². The molecule has 1 unspecified atom stereocenters. The number of carbonyl (C=O) groups is 3. The van der Waals surface area contributed by atoms with Gasteiger partial charge in [-0.2, -0.15) is 0 Å². The molecular weight excluding hydrogens is 781 g/mol. The van der Waals surface area contributed by atoms with Crippen LogP contribution in [-0.4, -0.2) is 37.2 Å². The lowest BCUT2D eigenvalue weighted by Crippen LogP contribution is -2.30. The van der Waals surface area contributed by atoms with Crippen LogP contribution < -0.4 is 0 Å². The van der Waals surface area contributed by atoms with Crippen molar-refractivity contribution < 1.29 is 28.6 Å². The predicted octanol–water partition coefficient (Wildman–Crippen LogP) is 18.3. The first-order valence-electron chi connectivity index (χ1n) is 27.9. The van der Waals surface area contributed by atoms with E-state index in [9.17, 15) is 14.4 Å². The molecule has 0 aromatic carbocycles. The van der Waals surface area contributed by atoms with Gasteiger partial charge in [-0.25, -0.2) is 0 Å². The van der Waals surface area contributed by atoms with Crippen LogP contribution in [0.25, 0.3) is 0 Å². The van der Waals surface area contributed by atoms with Crippen LogP contribution in [0.5, 0.6) is 0 Å². The summed E-state index contributed by atoms with van der Waals surface area (Å²) in [6.07, 6.45) is 60.2. The Morgan fingerprint density at radius 3 is 0.873 bits per heavy atom. The van der Waals surface area contributed by atoms with Gasteiger partial charge < -0.3 is 14.2 Å². The van der Waals surface area contributed by atoms with E-state index in [0.29, 0.717) is 19.3 Å². The molecule has 370 valence electrons. The summed E-state index contributed by atoms with van der Waals surface area (Å²) in [4.78, 5) is 38.0. The van der Waals surface area contributed by atoms with Crippen LogP contribution in [0.4, 0.5) is 0 Å². The van der Waals surface area contributed by atoms with Crippen molar-refractivity contribution in [2.45, 2.75) is 309 Å². The maximum absolute atomic E-state index is 12.8. The van der Waals surface area contributed by atoms with Gasteiger partial charge in [0.15, 0.2) is 6.10 Å². The minimum absolute atomic E-state index is 0.0667. The molecular formula is C57H106O6. The Labute approximate surface area is 392 Å². The molecule has 0 aliphatic carbocycles. The zero-order chi connectivity index (χ0) is 45.8. The van der Waals surface area contributed by atoms with Gasteiger partial charge in [-0.15, -0.1) is 0 Å². The summed E-state index contributed by atoms with van der Waals surface area (Å²) in [5, 5.41) is 0. The van der Waals surface area contributed by atoms with Crippen LogP contribution in [0, 0.1) is 0 Å². The van der Waals surface area contributed by atoms with E-state index in [0.717, 1.165) is 57.8 Å². The summed E-state index contributed by atoms with van der Waals surface area (Å²) in [5.41, 5.74) is 0. The van der Waals surface area contributed by atoms with Crippen LogP contribution in [0.15, 0.2) is 24.3 Å². The highest BCUT2D eigenvalue weighted by molar-refractivity contribution is 5.71. The van der Waals surface area contributed by atoms with Crippen molar-refractivity contribution in [3.05, 3.63) is 24.3 Å². The molecule has 0 saturated carbocycles. The average Bonchev–Trinajstić information content (AvgIpc) is 3.28. The molecule has 0 saturated heterocycles. The first-order chi connectivity index (χ1) is 31.0. The van der Waals surface area contributed by atoms with Gasteiger partial charge in [-0.3, -0.25) is 14.4 Å². The Bertz CT molecular complexity index is 1020. The van der Waals surface area contributed by atoms with Crippen molar-refractivity contribution in [3.63, 3.8) is 0 Å². The highest BCUT2D eigenvalue weighted by Gasteiger charge is 2.19. The van der Waals surface area contributed by atoms with Gasteiger partial charge in [-0.05, 0) is 44.9 Å². The standard InChI is InChI=1S/C57H106O6/c1-4-7-10-13-16-19-22-25-27-28-29-30-31-33-35-38-41-44-47-50-56(59)62-53-54(52-61-55(58)49-46-43-40-37-34-24-21-18-15-12-9-6-3)63-57(60)51-48-45-42-39-36-32-26-23-20-17-14-11-8-5-2/h16,19,22,25,54H,4-15,17-18,20-21,23-24,26-53H2,1-3H3/b19-16-,25-22-. The van der Waals surface area contributed by atoms with E-state index in [1.165, 1.54) is 205 Å². The number of carbonyl (C=O) groups excluding carboxylic acids is 3. The lowest BCUT2D eigenvalue weighted by Gasteiger charge is -2.18. The van der Waals surface area contributed by atoms with Gasteiger partial charge in [-0.1, -0.05) is 263 Å². The fourth-order valence-corrected chi connectivity index (χ4v) is 8.26. The zero-order valence-electron chi connectivity index (χ0n) is 42.4. The third kappa shape index (κ3) is 50.7. The van der Waals surface area contributed by atoms with E-state index < -0.39 is 6.10 Å². The van der Waals surface area contributed by atoms with Gasteiger partial charge in [0.25, 0.3) is 0 Å². The van der Waals surface area contributed by atoms with Crippen molar-refractivity contribution in [2.24, 2.45) is 0 Å². The predicted molar refractivity (Wildman–Crippen MR) is 270 cm³/mol. The van der Waals surface area contributed by atoms with Crippen molar-refractivity contribution in [1.29, 1.82) is 0 Å². The molecule has 0 radical (unpaired) electrons. The quantitative estimate of drug-likeness (QED) is 0.0262.